The molecule has 0 aliphatic carbocycles. The van der Waals surface area contributed by atoms with E-state index in [0.717, 1.165) is 0 Å². The van der Waals surface area contributed by atoms with Gasteiger partial charge in [-0.15, -0.1) is 0 Å². The lowest BCUT2D eigenvalue weighted by Crippen LogP contribution is -2.49. The average molecular weight is 174 g/mol. The monoisotopic (exact) mass is 174 g/mol. The quantitative estimate of drug-likeness (QED) is 0.570. The predicted octanol–water partition coefficient (Wildman–Crippen LogP) is -0.124. The van der Waals surface area contributed by atoms with Gasteiger partial charge in [-0.2, -0.15) is 0 Å². The van der Waals surface area contributed by atoms with Crippen LogP contribution in [0.4, 0.5) is 0 Å². The molecule has 0 rings (SSSR count). The Balaban J connectivity index is 3.90. The Morgan fingerprint density at radius 1 is 1.58 bits per heavy atom. The zero-order valence-electron chi connectivity index (χ0n) is 8.02. The van der Waals surface area contributed by atoms with E-state index in [4.69, 9.17) is 10.5 Å². The Labute approximate surface area is 73.5 Å². The van der Waals surface area contributed by atoms with Crippen LogP contribution < -0.4 is 11.1 Å². The lowest BCUT2D eigenvalue weighted by molar-refractivity contribution is -0.149. The SMILES string of the molecule is CCOC(=O)C(C)(C)NCCN. The molecule has 0 aliphatic rings. The number of nitrogens with one attached hydrogen (secondary N) is 1. The number of carbonyl (C=O) groups is 1. The van der Waals surface area contributed by atoms with Gasteiger partial charge in [0.1, 0.15) is 5.54 Å². The number of carbonyl (C=O) groups excluding carboxylic acids is 1. The molecule has 0 aromatic carbocycles. The molecule has 0 fully saturated rings. The van der Waals surface area contributed by atoms with Gasteiger partial charge in [0.2, 0.25) is 0 Å². The Bertz CT molecular complexity index is 146. The lowest BCUT2D eigenvalue weighted by Gasteiger charge is -2.23. The molecule has 0 atom stereocenters. The van der Waals surface area contributed by atoms with Gasteiger partial charge in [-0.3, -0.25) is 4.79 Å². The van der Waals surface area contributed by atoms with Gasteiger partial charge in [-0.05, 0) is 20.8 Å². The normalized spacial score (nSPS) is 11.3. The van der Waals surface area contributed by atoms with E-state index in [1.165, 1.54) is 0 Å². The van der Waals surface area contributed by atoms with E-state index in [-0.39, 0.29) is 5.97 Å². The number of esters is 1. The molecule has 12 heavy (non-hydrogen) atoms. The summed E-state index contributed by atoms with van der Waals surface area (Å²) < 4.78 is 4.86. The zero-order chi connectivity index (χ0) is 9.61. The first-order chi connectivity index (χ1) is 5.54. The minimum Gasteiger partial charge on any atom is -0.465 e. The maximum atomic E-state index is 11.2. The van der Waals surface area contributed by atoms with E-state index >= 15 is 0 Å². The summed E-state index contributed by atoms with van der Waals surface area (Å²) in [5.74, 6) is -0.238. The van der Waals surface area contributed by atoms with Crippen molar-refractivity contribution >= 4 is 5.97 Å². The van der Waals surface area contributed by atoms with Crippen LogP contribution in [0.2, 0.25) is 0 Å². The summed E-state index contributed by atoms with van der Waals surface area (Å²) in [5, 5.41) is 2.99. The molecule has 0 heterocycles. The van der Waals surface area contributed by atoms with Crippen LogP contribution in [0.1, 0.15) is 20.8 Å². The molecule has 72 valence electrons. The molecule has 0 unspecified atom stereocenters. The molecule has 0 aromatic rings. The van der Waals surface area contributed by atoms with Crippen LogP contribution in [-0.2, 0) is 9.53 Å². The van der Waals surface area contributed by atoms with Crippen molar-refractivity contribution in [1.29, 1.82) is 0 Å². The largest absolute Gasteiger partial charge is 0.465 e. The molecular weight excluding hydrogens is 156 g/mol. The van der Waals surface area contributed by atoms with Crippen LogP contribution >= 0.6 is 0 Å². The van der Waals surface area contributed by atoms with E-state index in [0.29, 0.717) is 19.7 Å². The highest BCUT2D eigenvalue weighted by atomic mass is 16.5. The van der Waals surface area contributed by atoms with Gasteiger partial charge >= 0.3 is 5.97 Å². The molecule has 0 radical (unpaired) electrons. The van der Waals surface area contributed by atoms with E-state index < -0.39 is 5.54 Å². The van der Waals surface area contributed by atoms with Gasteiger partial charge in [0, 0.05) is 13.1 Å². The highest BCUT2D eigenvalue weighted by molar-refractivity contribution is 5.79. The summed E-state index contributed by atoms with van der Waals surface area (Å²) in [6, 6.07) is 0. The summed E-state index contributed by atoms with van der Waals surface area (Å²) >= 11 is 0. The van der Waals surface area contributed by atoms with Crippen LogP contribution in [0.3, 0.4) is 0 Å². The van der Waals surface area contributed by atoms with Gasteiger partial charge in [-0.1, -0.05) is 0 Å². The molecule has 0 aliphatic heterocycles. The second kappa shape index (κ2) is 5.11. The predicted molar refractivity (Wildman–Crippen MR) is 47.8 cm³/mol. The molecule has 3 N–H and O–H groups in total. The maximum absolute atomic E-state index is 11.2. The number of hydrogen-bond acceptors (Lipinski definition) is 4. The van der Waals surface area contributed by atoms with E-state index in [1.807, 2.05) is 0 Å². The maximum Gasteiger partial charge on any atom is 0.325 e. The number of nitrogens with two attached hydrogens (primary N) is 1. The molecule has 4 heteroatoms. The highest BCUT2D eigenvalue weighted by Gasteiger charge is 2.27. The summed E-state index contributed by atoms with van der Waals surface area (Å²) in [7, 11) is 0. The van der Waals surface area contributed by atoms with Crippen molar-refractivity contribution in [3.63, 3.8) is 0 Å². The Morgan fingerprint density at radius 2 is 2.17 bits per heavy atom. The molecular formula is C8H18N2O2. The van der Waals surface area contributed by atoms with Crippen molar-refractivity contribution in [2.75, 3.05) is 19.7 Å². The molecule has 0 bridgehead atoms. The summed E-state index contributed by atoms with van der Waals surface area (Å²) in [5.41, 5.74) is 4.67. The third-order valence-electron chi connectivity index (χ3n) is 1.50. The van der Waals surface area contributed by atoms with Crippen molar-refractivity contribution in [2.24, 2.45) is 5.73 Å². The standard InChI is InChI=1S/C8H18N2O2/c1-4-12-7(11)8(2,3)10-6-5-9/h10H,4-6,9H2,1-3H3. The fourth-order valence-corrected chi connectivity index (χ4v) is 0.768. The first-order valence-electron chi connectivity index (χ1n) is 4.17. The van der Waals surface area contributed by atoms with Crippen LogP contribution in [-0.4, -0.2) is 31.2 Å². The van der Waals surface area contributed by atoms with Crippen LogP contribution in [0.5, 0.6) is 0 Å². The summed E-state index contributed by atoms with van der Waals surface area (Å²) in [6.45, 7) is 6.89. The highest BCUT2D eigenvalue weighted by Crippen LogP contribution is 2.03. The Kier molecular flexibility index (Phi) is 4.85. The van der Waals surface area contributed by atoms with Crippen molar-refractivity contribution in [1.82, 2.24) is 5.32 Å². The van der Waals surface area contributed by atoms with Gasteiger partial charge in [0.05, 0.1) is 6.61 Å². The smallest absolute Gasteiger partial charge is 0.325 e. The molecule has 0 saturated carbocycles. The second-order valence-electron chi connectivity index (χ2n) is 3.06. The molecule has 4 nitrogen and oxygen atoms in total. The van der Waals surface area contributed by atoms with Crippen molar-refractivity contribution < 1.29 is 9.53 Å². The average Bonchev–Trinajstić information content (AvgIpc) is 2.01. The van der Waals surface area contributed by atoms with Gasteiger partial charge in [0.25, 0.3) is 0 Å². The Morgan fingerprint density at radius 3 is 2.58 bits per heavy atom. The second-order valence-corrected chi connectivity index (χ2v) is 3.06. The lowest BCUT2D eigenvalue weighted by atomic mass is 10.1. The number of ether oxygens (including phenoxy) is 1. The number of hydrogen-bond donors (Lipinski definition) is 2. The van der Waals surface area contributed by atoms with Crippen molar-refractivity contribution in [3.8, 4) is 0 Å². The van der Waals surface area contributed by atoms with Gasteiger partial charge in [0.15, 0.2) is 0 Å². The summed E-state index contributed by atoms with van der Waals surface area (Å²) in [6.07, 6.45) is 0. The van der Waals surface area contributed by atoms with Crippen molar-refractivity contribution in [2.45, 2.75) is 26.3 Å². The fraction of sp³-hybridized carbons (Fsp3) is 0.875. The van der Waals surface area contributed by atoms with E-state index in [9.17, 15) is 4.79 Å². The van der Waals surface area contributed by atoms with Crippen LogP contribution in [0.25, 0.3) is 0 Å². The third kappa shape index (κ3) is 3.69. The molecule has 0 spiro atoms. The molecule has 0 aromatic heterocycles. The van der Waals surface area contributed by atoms with Crippen LogP contribution in [0, 0.1) is 0 Å². The van der Waals surface area contributed by atoms with Gasteiger partial charge in [-0.25, -0.2) is 0 Å². The molecule has 0 amide bonds. The Hall–Kier alpha value is -0.610. The summed E-state index contributed by atoms with van der Waals surface area (Å²) in [4.78, 5) is 11.2. The minimum atomic E-state index is -0.630. The third-order valence-corrected chi connectivity index (χ3v) is 1.50. The van der Waals surface area contributed by atoms with Crippen LogP contribution in [0.15, 0.2) is 0 Å². The fourth-order valence-electron chi connectivity index (χ4n) is 0.768. The zero-order valence-corrected chi connectivity index (χ0v) is 8.02. The first-order valence-corrected chi connectivity index (χ1v) is 4.17. The topological polar surface area (TPSA) is 64.3 Å². The molecule has 0 saturated heterocycles. The van der Waals surface area contributed by atoms with E-state index in [2.05, 4.69) is 5.32 Å². The number of rotatable bonds is 5. The first kappa shape index (κ1) is 11.4. The van der Waals surface area contributed by atoms with E-state index in [1.54, 1.807) is 20.8 Å². The van der Waals surface area contributed by atoms with Gasteiger partial charge < -0.3 is 15.8 Å². The van der Waals surface area contributed by atoms with Crippen molar-refractivity contribution in [3.05, 3.63) is 0 Å². The minimum absolute atomic E-state index is 0.238.